The van der Waals surface area contributed by atoms with Gasteiger partial charge in [-0.3, -0.25) is 33.7 Å². The molecule has 1 unspecified atom stereocenters. The van der Waals surface area contributed by atoms with E-state index in [2.05, 4.69) is 30.0 Å². The molecule has 19 heteroatoms. The van der Waals surface area contributed by atoms with Crippen LogP contribution in [0.25, 0.3) is 0 Å². The molecule has 1 atom stereocenters. The Kier molecular flexibility index (Phi) is 10.1. The lowest BCUT2D eigenvalue weighted by Crippen LogP contribution is -2.34. The Morgan fingerprint density at radius 3 is 2.42 bits per heavy atom. The fraction of sp³-hybridized carbons (Fsp3) is 0.500. The standard InChI is InChI=1S/C14H20BrN4O12PS/c1-33(28,29)31-7-5-17(4-2-15)13-11(14(20)16-3-6-30-32(25,26)27)8-10(18(21)22)9-12(13)19(23)24/h8-9H,2-7H2,1H3,(H,16,20)(H2,25,26,27)/i6T. The highest BCUT2D eigenvalue weighted by molar-refractivity contribution is 9.09. The molecule has 0 saturated carbocycles. The van der Waals surface area contributed by atoms with Gasteiger partial charge in [0.2, 0.25) is 0 Å². The van der Waals surface area contributed by atoms with Crippen LogP contribution in [-0.4, -0.2) is 78.4 Å². The van der Waals surface area contributed by atoms with Gasteiger partial charge in [-0.05, 0) is 0 Å². The molecular weight excluding hydrogens is 559 g/mol. The van der Waals surface area contributed by atoms with E-state index < -0.39 is 76.1 Å². The molecule has 0 spiro atoms. The van der Waals surface area contributed by atoms with Crippen molar-refractivity contribution in [2.75, 3.05) is 49.3 Å². The highest BCUT2D eigenvalue weighted by atomic mass is 79.9. The highest BCUT2D eigenvalue weighted by Crippen LogP contribution is 2.37. The number of non-ortho nitro benzene ring substituents is 1. The molecule has 0 radical (unpaired) electrons. The number of halogens is 1. The zero-order valence-corrected chi connectivity index (χ0v) is 20.1. The predicted octanol–water partition coefficient (Wildman–Crippen LogP) is 0.520. The minimum Gasteiger partial charge on any atom is -0.362 e. The Morgan fingerprint density at radius 2 is 1.94 bits per heavy atom. The van der Waals surface area contributed by atoms with Crippen LogP contribution in [0.1, 0.15) is 11.7 Å². The molecule has 33 heavy (non-hydrogen) atoms. The number of benzene rings is 1. The maximum Gasteiger partial charge on any atom is 0.469 e. The predicted molar refractivity (Wildman–Crippen MR) is 117 cm³/mol. The van der Waals surface area contributed by atoms with E-state index in [4.69, 9.17) is 11.2 Å². The molecule has 0 bridgehead atoms. The first kappa shape index (κ1) is 27.0. The molecule has 0 heterocycles. The summed E-state index contributed by atoms with van der Waals surface area (Å²) in [6.45, 7) is -3.47. The third-order valence-electron chi connectivity index (χ3n) is 3.61. The van der Waals surface area contributed by atoms with Crippen molar-refractivity contribution in [3.05, 3.63) is 37.9 Å². The molecule has 1 aromatic carbocycles. The number of amides is 1. The number of phosphoric ester groups is 1. The molecule has 1 rings (SSSR count). The minimum atomic E-state index is -5.05. The SMILES string of the molecule is [3H]C(CNC(=O)c1cc([N+](=O)[O-])cc([N+](=O)[O-])c1N(CCBr)CCOS(C)(=O)=O)OP(=O)(O)O. The Balaban J connectivity index is 3.48. The van der Waals surface area contributed by atoms with Crippen LogP contribution in [0.5, 0.6) is 0 Å². The normalized spacial score (nSPS) is 13.2. The van der Waals surface area contributed by atoms with E-state index in [9.17, 15) is 38.0 Å². The van der Waals surface area contributed by atoms with Gasteiger partial charge in [-0.25, -0.2) is 4.57 Å². The monoisotopic (exact) mass is 580 g/mol. The van der Waals surface area contributed by atoms with Gasteiger partial charge in [0.1, 0.15) is 5.69 Å². The number of hydrogen-bond donors (Lipinski definition) is 3. The first-order chi connectivity index (χ1) is 15.6. The maximum atomic E-state index is 12.8. The third-order valence-corrected chi connectivity index (χ3v) is 4.99. The number of hydrogen-bond acceptors (Lipinski definition) is 11. The first-order valence-electron chi connectivity index (χ1n) is 9.20. The molecule has 0 aliphatic rings. The average molecular weight is 581 g/mol. The van der Waals surface area contributed by atoms with Gasteiger partial charge in [-0.2, -0.15) is 8.42 Å². The maximum absolute atomic E-state index is 12.8. The van der Waals surface area contributed by atoms with E-state index in [1.165, 1.54) is 4.90 Å². The quantitative estimate of drug-likeness (QED) is 0.0896. The lowest BCUT2D eigenvalue weighted by atomic mass is 10.1. The largest absolute Gasteiger partial charge is 0.469 e. The lowest BCUT2D eigenvalue weighted by molar-refractivity contribution is -0.393. The molecule has 186 valence electrons. The van der Waals surface area contributed by atoms with Crippen molar-refractivity contribution in [3.8, 4) is 0 Å². The average Bonchev–Trinajstić information content (AvgIpc) is 2.68. The van der Waals surface area contributed by atoms with Crippen LogP contribution in [0.4, 0.5) is 17.1 Å². The summed E-state index contributed by atoms with van der Waals surface area (Å²) in [5.41, 5.74) is -2.62. The summed E-state index contributed by atoms with van der Waals surface area (Å²) < 4.78 is 49.4. The van der Waals surface area contributed by atoms with Crippen LogP contribution >= 0.6 is 23.8 Å². The fourth-order valence-corrected chi connectivity index (χ4v) is 3.53. The van der Waals surface area contributed by atoms with Crippen molar-refractivity contribution in [2.24, 2.45) is 0 Å². The second-order valence-electron chi connectivity index (χ2n) is 6.05. The van der Waals surface area contributed by atoms with Gasteiger partial charge in [-0.1, -0.05) is 15.9 Å². The highest BCUT2D eigenvalue weighted by Gasteiger charge is 2.31. The molecule has 1 aromatic rings. The topological polar surface area (TPSA) is 229 Å². The number of nitro groups is 2. The van der Waals surface area contributed by atoms with Gasteiger partial charge in [-0.15, -0.1) is 0 Å². The van der Waals surface area contributed by atoms with Crippen molar-refractivity contribution in [1.29, 1.82) is 0 Å². The molecule has 0 aromatic heterocycles. The number of nitrogens with zero attached hydrogens (tertiary/aromatic N) is 3. The first-order valence-corrected chi connectivity index (χ1v) is 13.1. The molecule has 0 saturated heterocycles. The van der Waals surface area contributed by atoms with E-state index in [0.29, 0.717) is 6.07 Å². The summed E-state index contributed by atoms with van der Waals surface area (Å²) in [7, 11) is -8.91. The number of rotatable bonds is 14. The van der Waals surface area contributed by atoms with Crippen LogP contribution in [0.3, 0.4) is 0 Å². The zero-order valence-electron chi connectivity index (χ0n) is 17.8. The van der Waals surface area contributed by atoms with Crippen molar-refractivity contribution in [1.82, 2.24) is 5.32 Å². The van der Waals surface area contributed by atoms with E-state index in [-0.39, 0.29) is 18.4 Å². The lowest BCUT2D eigenvalue weighted by Gasteiger charge is -2.25. The van der Waals surface area contributed by atoms with E-state index in [1.807, 2.05) is 0 Å². The summed E-state index contributed by atoms with van der Waals surface area (Å²) in [6.07, 6.45) is 0.784. The van der Waals surface area contributed by atoms with Crippen LogP contribution < -0.4 is 10.2 Å². The number of carbonyl (C=O) groups is 1. The van der Waals surface area contributed by atoms with Gasteiger partial charge in [0.05, 0.1) is 42.3 Å². The Hall–Kier alpha value is -2.21. The van der Waals surface area contributed by atoms with Crippen LogP contribution in [-0.2, 0) is 23.4 Å². The van der Waals surface area contributed by atoms with Crippen molar-refractivity contribution >= 4 is 56.8 Å². The van der Waals surface area contributed by atoms with E-state index >= 15 is 0 Å². The van der Waals surface area contributed by atoms with Gasteiger partial charge in [0.25, 0.3) is 27.4 Å². The van der Waals surface area contributed by atoms with Crippen molar-refractivity contribution < 1.29 is 47.5 Å². The van der Waals surface area contributed by atoms with E-state index in [1.54, 1.807) is 0 Å². The minimum absolute atomic E-state index is 0.0194. The fourth-order valence-electron chi connectivity index (χ4n) is 2.45. The molecule has 16 nitrogen and oxygen atoms in total. The van der Waals surface area contributed by atoms with E-state index in [0.717, 1.165) is 12.3 Å². The second-order valence-corrected chi connectivity index (χ2v) is 9.68. The van der Waals surface area contributed by atoms with Crippen LogP contribution in [0.2, 0.25) is 0 Å². The van der Waals surface area contributed by atoms with Crippen LogP contribution in [0, 0.1) is 20.2 Å². The van der Waals surface area contributed by atoms with Gasteiger partial charge < -0.3 is 20.0 Å². The van der Waals surface area contributed by atoms with Crippen LogP contribution in [0.15, 0.2) is 12.1 Å². The molecule has 3 N–H and O–H groups in total. The summed E-state index contributed by atoms with van der Waals surface area (Å²) in [6, 6.07) is 1.36. The summed E-state index contributed by atoms with van der Waals surface area (Å²) in [4.78, 5) is 52.4. The molecular formula is C14H20BrN4O12PS. The Bertz CT molecular complexity index is 1080. The smallest absolute Gasteiger partial charge is 0.362 e. The molecule has 1 amide bonds. The molecule has 0 fully saturated rings. The Morgan fingerprint density at radius 1 is 1.30 bits per heavy atom. The second kappa shape index (κ2) is 12.3. The number of nitro benzene ring substituents is 2. The number of phosphoric acid groups is 1. The molecule has 0 aliphatic heterocycles. The van der Waals surface area contributed by atoms with Gasteiger partial charge in [0, 0.05) is 31.0 Å². The zero-order chi connectivity index (χ0) is 26.3. The van der Waals surface area contributed by atoms with Crippen molar-refractivity contribution in [3.63, 3.8) is 0 Å². The number of alkyl halides is 1. The Labute approximate surface area is 197 Å². The number of carbonyl (C=O) groups excluding carboxylic acids is 1. The number of nitrogens with one attached hydrogen (secondary N) is 1. The van der Waals surface area contributed by atoms with Crippen molar-refractivity contribution in [2.45, 2.75) is 0 Å². The van der Waals surface area contributed by atoms with Gasteiger partial charge >= 0.3 is 7.82 Å². The number of anilines is 1. The molecule has 0 aliphatic carbocycles. The third kappa shape index (κ3) is 10.1. The summed E-state index contributed by atoms with van der Waals surface area (Å²) in [5, 5.41) is 25.2. The summed E-state index contributed by atoms with van der Waals surface area (Å²) in [5.74, 6) is -1.16. The van der Waals surface area contributed by atoms with Gasteiger partial charge in [0.15, 0.2) is 0 Å². The summed E-state index contributed by atoms with van der Waals surface area (Å²) >= 11 is 3.12.